The Morgan fingerprint density at radius 1 is 1.53 bits per heavy atom. The van der Waals surface area contributed by atoms with Crippen LogP contribution >= 0.6 is 0 Å². The Balaban J connectivity index is 2.93. The molecule has 0 saturated carbocycles. The summed E-state index contributed by atoms with van der Waals surface area (Å²) in [6.07, 6.45) is 0.0181. The maximum absolute atomic E-state index is 9.02. The van der Waals surface area contributed by atoms with E-state index in [0.717, 1.165) is 0 Å². The Kier molecular flexibility index (Phi) is 4.85. The summed E-state index contributed by atoms with van der Waals surface area (Å²) in [6, 6.07) is 3.73. The SMILES string of the molecule is CCOCCn1c(C#N)cc(N)c1OC(C)C. The number of nitrogens with two attached hydrogens (primary N) is 1. The Morgan fingerprint density at radius 2 is 2.24 bits per heavy atom. The second kappa shape index (κ2) is 6.16. The second-order valence-corrected chi connectivity index (χ2v) is 3.92. The van der Waals surface area contributed by atoms with E-state index in [1.54, 1.807) is 10.6 Å². The van der Waals surface area contributed by atoms with E-state index >= 15 is 0 Å². The summed E-state index contributed by atoms with van der Waals surface area (Å²) in [5, 5.41) is 9.02. The summed E-state index contributed by atoms with van der Waals surface area (Å²) in [4.78, 5) is 0. The Bertz CT molecular complexity index is 405. The van der Waals surface area contributed by atoms with Crippen molar-refractivity contribution in [3.8, 4) is 11.9 Å². The van der Waals surface area contributed by atoms with E-state index in [-0.39, 0.29) is 6.10 Å². The molecule has 0 unspecified atom stereocenters. The molecule has 1 rings (SSSR count). The van der Waals surface area contributed by atoms with Crippen molar-refractivity contribution < 1.29 is 9.47 Å². The molecule has 0 amide bonds. The quantitative estimate of drug-likeness (QED) is 0.765. The number of ether oxygens (including phenoxy) is 2. The van der Waals surface area contributed by atoms with E-state index < -0.39 is 0 Å². The smallest absolute Gasteiger partial charge is 0.218 e. The van der Waals surface area contributed by atoms with Crippen molar-refractivity contribution in [2.45, 2.75) is 33.4 Å². The third kappa shape index (κ3) is 3.40. The zero-order valence-corrected chi connectivity index (χ0v) is 10.6. The van der Waals surface area contributed by atoms with E-state index in [9.17, 15) is 0 Å². The molecule has 5 heteroatoms. The molecule has 0 atom stereocenters. The van der Waals surface area contributed by atoms with Gasteiger partial charge in [0.25, 0.3) is 0 Å². The highest BCUT2D eigenvalue weighted by Crippen LogP contribution is 2.27. The predicted molar refractivity (Wildman–Crippen MR) is 65.8 cm³/mol. The van der Waals surface area contributed by atoms with Crippen molar-refractivity contribution in [2.24, 2.45) is 0 Å². The highest BCUT2D eigenvalue weighted by atomic mass is 16.5. The van der Waals surface area contributed by atoms with Crippen molar-refractivity contribution in [3.63, 3.8) is 0 Å². The number of hydrogen-bond acceptors (Lipinski definition) is 4. The standard InChI is InChI=1S/C12H19N3O2/c1-4-16-6-5-15-10(8-13)7-11(14)12(15)17-9(2)3/h7,9H,4-6,14H2,1-3H3. The van der Waals surface area contributed by atoms with Crippen molar-refractivity contribution in [1.29, 1.82) is 5.26 Å². The van der Waals surface area contributed by atoms with Gasteiger partial charge in [-0.05, 0) is 20.8 Å². The molecular weight excluding hydrogens is 218 g/mol. The molecule has 0 radical (unpaired) electrons. The summed E-state index contributed by atoms with van der Waals surface area (Å²) in [5.74, 6) is 0.552. The van der Waals surface area contributed by atoms with E-state index in [0.29, 0.717) is 37.0 Å². The van der Waals surface area contributed by atoms with E-state index in [4.69, 9.17) is 20.5 Å². The molecule has 5 nitrogen and oxygen atoms in total. The highest BCUT2D eigenvalue weighted by Gasteiger charge is 2.15. The third-order valence-corrected chi connectivity index (χ3v) is 2.20. The molecule has 0 aliphatic carbocycles. The number of rotatable bonds is 6. The minimum absolute atomic E-state index is 0.0181. The lowest BCUT2D eigenvalue weighted by Gasteiger charge is -2.14. The third-order valence-electron chi connectivity index (χ3n) is 2.20. The maximum Gasteiger partial charge on any atom is 0.218 e. The van der Waals surface area contributed by atoms with Crippen LogP contribution in [0.3, 0.4) is 0 Å². The fourth-order valence-electron chi connectivity index (χ4n) is 1.52. The molecule has 1 aromatic heterocycles. The molecule has 0 aromatic carbocycles. The van der Waals surface area contributed by atoms with Gasteiger partial charge in [-0.25, -0.2) is 0 Å². The van der Waals surface area contributed by atoms with Crippen LogP contribution in [0, 0.1) is 11.3 Å². The number of anilines is 1. The fourth-order valence-corrected chi connectivity index (χ4v) is 1.52. The number of hydrogen-bond donors (Lipinski definition) is 1. The van der Waals surface area contributed by atoms with Gasteiger partial charge in [-0.15, -0.1) is 0 Å². The first-order valence-corrected chi connectivity index (χ1v) is 5.73. The van der Waals surface area contributed by atoms with Crippen LogP contribution in [0.2, 0.25) is 0 Å². The molecule has 0 saturated heterocycles. The first-order chi connectivity index (χ1) is 8.10. The average molecular weight is 237 g/mol. The summed E-state index contributed by atoms with van der Waals surface area (Å²) in [7, 11) is 0. The Labute approximate surface area is 102 Å². The van der Waals surface area contributed by atoms with Crippen LogP contribution in [0.25, 0.3) is 0 Å². The molecule has 94 valence electrons. The number of nitriles is 1. The second-order valence-electron chi connectivity index (χ2n) is 3.92. The molecular formula is C12H19N3O2. The molecule has 2 N–H and O–H groups in total. The lowest BCUT2D eigenvalue weighted by atomic mass is 10.4. The van der Waals surface area contributed by atoms with Crippen LogP contribution in [0.4, 0.5) is 5.69 Å². The predicted octanol–water partition coefficient (Wildman–Crippen LogP) is 1.77. The van der Waals surface area contributed by atoms with Crippen molar-refractivity contribution in [1.82, 2.24) is 4.57 Å². The summed E-state index contributed by atoms with van der Waals surface area (Å²) < 4.78 is 12.7. The van der Waals surface area contributed by atoms with Crippen LogP contribution < -0.4 is 10.5 Å². The van der Waals surface area contributed by atoms with Crippen molar-refractivity contribution >= 4 is 5.69 Å². The van der Waals surface area contributed by atoms with Gasteiger partial charge in [0.15, 0.2) is 0 Å². The van der Waals surface area contributed by atoms with E-state index in [1.807, 2.05) is 20.8 Å². The molecule has 0 aliphatic rings. The number of nitrogen functional groups attached to an aromatic ring is 1. The zero-order chi connectivity index (χ0) is 12.8. The topological polar surface area (TPSA) is 73.2 Å². The van der Waals surface area contributed by atoms with E-state index in [2.05, 4.69) is 6.07 Å². The molecule has 17 heavy (non-hydrogen) atoms. The summed E-state index contributed by atoms with van der Waals surface area (Å²) in [6.45, 7) is 7.53. The molecule has 1 aromatic rings. The van der Waals surface area contributed by atoms with Gasteiger partial charge < -0.3 is 15.2 Å². The molecule has 1 heterocycles. The van der Waals surface area contributed by atoms with E-state index in [1.165, 1.54) is 0 Å². The van der Waals surface area contributed by atoms with Crippen molar-refractivity contribution in [2.75, 3.05) is 18.9 Å². The largest absolute Gasteiger partial charge is 0.475 e. The number of nitrogens with zero attached hydrogens (tertiary/aromatic N) is 2. The van der Waals surface area contributed by atoms with Crippen LogP contribution in [0.15, 0.2) is 6.07 Å². The molecule has 0 bridgehead atoms. The van der Waals surface area contributed by atoms with Gasteiger partial charge >= 0.3 is 0 Å². The summed E-state index contributed by atoms with van der Waals surface area (Å²) in [5.41, 5.74) is 6.82. The Morgan fingerprint density at radius 3 is 2.76 bits per heavy atom. The monoisotopic (exact) mass is 237 g/mol. The van der Waals surface area contributed by atoms with Gasteiger partial charge in [0, 0.05) is 12.7 Å². The van der Waals surface area contributed by atoms with Gasteiger partial charge in [0.2, 0.25) is 5.88 Å². The lowest BCUT2D eigenvalue weighted by Crippen LogP contribution is -2.14. The normalized spacial score (nSPS) is 10.5. The molecule has 0 spiro atoms. The van der Waals surface area contributed by atoms with Gasteiger partial charge in [-0.1, -0.05) is 0 Å². The maximum atomic E-state index is 9.02. The average Bonchev–Trinajstić information content (AvgIpc) is 2.56. The first kappa shape index (κ1) is 13.4. The minimum atomic E-state index is 0.0181. The first-order valence-electron chi connectivity index (χ1n) is 5.73. The number of aromatic nitrogens is 1. The fraction of sp³-hybridized carbons (Fsp3) is 0.583. The van der Waals surface area contributed by atoms with Crippen LogP contribution in [0.1, 0.15) is 26.5 Å². The lowest BCUT2D eigenvalue weighted by molar-refractivity contribution is 0.133. The van der Waals surface area contributed by atoms with Crippen LogP contribution in [-0.4, -0.2) is 23.9 Å². The van der Waals surface area contributed by atoms with Gasteiger partial charge in [0.1, 0.15) is 11.8 Å². The van der Waals surface area contributed by atoms with Crippen LogP contribution in [-0.2, 0) is 11.3 Å². The van der Waals surface area contributed by atoms with Gasteiger partial charge in [0.05, 0.1) is 24.9 Å². The van der Waals surface area contributed by atoms with Gasteiger partial charge in [-0.3, -0.25) is 4.57 Å². The van der Waals surface area contributed by atoms with Crippen LogP contribution in [0.5, 0.6) is 5.88 Å². The zero-order valence-electron chi connectivity index (χ0n) is 10.6. The molecule has 0 aliphatic heterocycles. The highest BCUT2D eigenvalue weighted by molar-refractivity contribution is 5.55. The molecule has 0 fully saturated rings. The van der Waals surface area contributed by atoms with Gasteiger partial charge in [-0.2, -0.15) is 5.26 Å². The minimum Gasteiger partial charge on any atom is -0.475 e. The van der Waals surface area contributed by atoms with Crippen molar-refractivity contribution in [3.05, 3.63) is 11.8 Å². The summed E-state index contributed by atoms with van der Waals surface area (Å²) >= 11 is 0. The Hall–Kier alpha value is -1.67.